The predicted octanol–water partition coefficient (Wildman–Crippen LogP) is 5.96. The summed E-state index contributed by atoms with van der Waals surface area (Å²) in [5.74, 6) is -1.46. The van der Waals surface area contributed by atoms with Crippen molar-refractivity contribution in [3.05, 3.63) is 64.2 Å². The van der Waals surface area contributed by atoms with Crippen molar-refractivity contribution in [1.29, 1.82) is 0 Å². The van der Waals surface area contributed by atoms with E-state index in [2.05, 4.69) is 16.0 Å². The van der Waals surface area contributed by atoms with Crippen molar-refractivity contribution in [2.75, 3.05) is 13.7 Å². The molecular weight excluding hydrogens is 562 g/mol. The Bertz CT molecular complexity index is 1270. The molecule has 4 amide bonds. The molecule has 0 spiro atoms. The molecule has 42 heavy (non-hydrogen) atoms. The summed E-state index contributed by atoms with van der Waals surface area (Å²) in [6.45, 7) is 12.3. The maximum atomic E-state index is 13.3. The van der Waals surface area contributed by atoms with Crippen LogP contribution >= 0.6 is 11.6 Å². The van der Waals surface area contributed by atoms with E-state index in [0.717, 1.165) is 0 Å². The zero-order valence-electron chi connectivity index (χ0n) is 25.6. The summed E-state index contributed by atoms with van der Waals surface area (Å²) >= 11 is 6.18. The van der Waals surface area contributed by atoms with E-state index < -0.39 is 47.2 Å². The third-order valence-corrected chi connectivity index (χ3v) is 6.08. The first kappa shape index (κ1) is 34.4. The molecule has 2 aromatic carbocycles. The average Bonchev–Trinajstić information content (AvgIpc) is 2.87. The number of methoxy groups -OCH3 is 1. The number of rotatable bonds is 10. The zero-order valence-corrected chi connectivity index (χ0v) is 26.3. The Kier molecular flexibility index (Phi) is 12.2. The van der Waals surface area contributed by atoms with Gasteiger partial charge in [-0.3, -0.25) is 10.1 Å². The van der Waals surface area contributed by atoms with Crippen molar-refractivity contribution >= 4 is 35.6 Å². The van der Waals surface area contributed by atoms with Crippen LogP contribution in [0.1, 0.15) is 82.4 Å². The van der Waals surface area contributed by atoms with Gasteiger partial charge in [0, 0.05) is 11.6 Å². The fraction of sp³-hybridized carbons (Fsp3) is 0.484. The third kappa shape index (κ3) is 11.6. The van der Waals surface area contributed by atoms with Crippen molar-refractivity contribution in [2.24, 2.45) is 5.92 Å². The minimum absolute atomic E-state index is 0.112. The number of carbonyl (C=O) groups excluding carboxylic acids is 4. The predicted molar refractivity (Wildman–Crippen MR) is 161 cm³/mol. The quantitative estimate of drug-likeness (QED) is 0.285. The summed E-state index contributed by atoms with van der Waals surface area (Å²) in [6, 6.07) is 10.6. The van der Waals surface area contributed by atoms with Gasteiger partial charge < -0.3 is 24.8 Å². The van der Waals surface area contributed by atoms with Gasteiger partial charge in [0.25, 0.3) is 0 Å². The Labute approximate surface area is 252 Å². The van der Waals surface area contributed by atoms with Gasteiger partial charge in [0.15, 0.2) is 0 Å². The second kappa shape index (κ2) is 14.9. The van der Waals surface area contributed by atoms with Crippen LogP contribution in [0.15, 0.2) is 42.5 Å². The Balaban J connectivity index is 2.19. The Morgan fingerprint density at radius 2 is 1.60 bits per heavy atom. The SMILES string of the molecule is CC[C@@H](NC(=O)NC(=O)[C@@H](CNC(=O)OC(C)(C)C)Cc1cc(Cl)ccc1OC)c1cccc(C(=O)OC(C)(C)C)c1. The first-order chi connectivity index (χ1) is 19.5. The highest BCUT2D eigenvalue weighted by Gasteiger charge is 2.26. The van der Waals surface area contributed by atoms with Crippen LogP contribution in [0.25, 0.3) is 0 Å². The maximum absolute atomic E-state index is 13.3. The molecule has 0 heterocycles. The number of imide groups is 1. The summed E-state index contributed by atoms with van der Waals surface area (Å²) < 4.78 is 16.2. The highest BCUT2D eigenvalue weighted by molar-refractivity contribution is 6.30. The fourth-order valence-electron chi connectivity index (χ4n) is 4.00. The lowest BCUT2D eigenvalue weighted by Crippen LogP contribution is -2.47. The van der Waals surface area contributed by atoms with Gasteiger partial charge in [-0.25, -0.2) is 14.4 Å². The number of urea groups is 1. The Morgan fingerprint density at radius 3 is 2.19 bits per heavy atom. The van der Waals surface area contributed by atoms with Crippen LogP contribution < -0.4 is 20.7 Å². The molecule has 2 aromatic rings. The number of nitrogens with one attached hydrogen (secondary N) is 3. The molecule has 11 heteroatoms. The molecule has 0 bridgehead atoms. The van der Waals surface area contributed by atoms with Crippen LogP contribution in [-0.4, -0.2) is 48.9 Å². The first-order valence-corrected chi connectivity index (χ1v) is 14.1. The average molecular weight is 604 g/mol. The molecular formula is C31H42ClN3O7. The van der Waals surface area contributed by atoms with Crippen LogP contribution in [0, 0.1) is 5.92 Å². The summed E-state index contributed by atoms with van der Waals surface area (Å²) in [6.07, 6.45) is -0.0880. The van der Waals surface area contributed by atoms with E-state index in [1.165, 1.54) is 7.11 Å². The van der Waals surface area contributed by atoms with Gasteiger partial charge in [0.2, 0.25) is 5.91 Å². The van der Waals surface area contributed by atoms with Gasteiger partial charge in [-0.05, 0) is 95.8 Å². The fourth-order valence-corrected chi connectivity index (χ4v) is 4.19. The van der Waals surface area contributed by atoms with Crippen molar-refractivity contribution in [3.8, 4) is 5.75 Å². The van der Waals surface area contributed by atoms with Crippen molar-refractivity contribution in [3.63, 3.8) is 0 Å². The molecule has 0 saturated carbocycles. The Morgan fingerprint density at radius 1 is 0.929 bits per heavy atom. The minimum atomic E-state index is -0.869. The number of carbonyl (C=O) groups is 4. The van der Waals surface area contributed by atoms with Crippen molar-refractivity contribution < 1.29 is 33.4 Å². The number of hydrogen-bond donors (Lipinski definition) is 3. The number of benzene rings is 2. The smallest absolute Gasteiger partial charge is 0.407 e. The lowest BCUT2D eigenvalue weighted by molar-refractivity contribution is -0.123. The zero-order chi connectivity index (χ0) is 31.7. The molecule has 0 unspecified atom stereocenters. The molecule has 2 atom stereocenters. The van der Waals surface area contributed by atoms with Crippen molar-refractivity contribution in [1.82, 2.24) is 16.0 Å². The van der Waals surface area contributed by atoms with Crippen LogP contribution in [-0.2, 0) is 20.7 Å². The number of esters is 1. The van der Waals surface area contributed by atoms with Crippen LogP contribution in [0.2, 0.25) is 5.02 Å². The molecule has 230 valence electrons. The second-order valence-electron chi connectivity index (χ2n) is 11.8. The normalized spacial score (nSPS) is 12.9. The molecule has 0 radical (unpaired) electrons. The van der Waals surface area contributed by atoms with Gasteiger partial charge in [0.1, 0.15) is 17.0 Å². The van der Waals surface area contributed by atoms with E-state index in [-0.39, 0.29) is 13.0 Å². The van der Waals surface area contributed by atoms with Crippen LogP contribution in [0.5, 0.6) is 5.75 Å². The molecule has 10 nitrogen and oxygen atoms in total. The number of alkyl carbamates (subject to hydrolysis) is 1. The Hall–Kier alpha value is -3.79. The second-order valence-corrected chi connectivity index (χ2v) is 12.2. The standard InChI is InChI=1S/C31H42ClN3O7/c1-9-24(19-11-10-12-20(15-19)27(37)41-30(2,3)4)34-28(38)35-26(36)22(18-33-29(39)42-31(5,6)7)16-21-17-23(32)13-14-25(21)40-8/h10-15,17,22,24H,9,16,18H2,1-8H3,(H,33,39)(H2,34,35,36,38)/t22-,24-/m1/s1. The third-order valence-electron chi connectivity index (χ3n) is 5.85. The minimum Gasteiger partial charge on any atom is -0.496 e. The first-order valence-electron chi connectivity index (χ1n) is 13.7. The van der Waals surface area contributed by atoms with E-state index in [1.807, 2.05) is 6.92 Å². The van der Waals surface area contributed by atoms with E-state index in [9.17, 15) is 19.2 Å². The van der Waals surface area contributed by atoms with Crippen molar-refractivity contribution in [2.45, 2.75) is 78.6 Å². The highest BCUT2D eigenvalue weighted by atomic mass is 35.5. The number of halogens is 1. The topological polar surface area (TPSA) is 132 Å². The number of amides is 4. The van der Waals surface area contributed by atoms with Gasteiger partial charge in [-0.1, -0.05) is 30.7 Å². The molecule has 0 aromatic heterocycles. The largest absolute Gasteiger partial charge is 0.496 e. The summed E-state index contributed by atoms with van der Waals surface area (Å²) in [5.41, 5.74) is 0.272. The lowest BCUT2D eigenvalue weighted by Gasteiger charge is -2.23. The van der Waals surface area contributed by atoms with E-state index in [1.54, 1.807) is 84.0 Å². The monoisotopic (exact) mass is 603 g/mol. The molecule has 3 N–H and O–H groups in total. The molecule has 0 aliphatic rings. The van der Waals surface area contributed by atoms with Gasteiger partial charge >= 0.3 is 18.1 Å². The van der Waals surface area contributed by atoms with Gasteiger partial charge in [-0.15, -0.1) is 0 Å². The highest BCUT2D eigenvalue weighted by Crippen LogP contribution is 2.26. The molecule has 0 fully saturated rings. The molecule has 0 aliphatic heterocycles. The van der Waals surface area contributed by atoms with Gasteiger partial charge in [0.05, 0.1) is 24.6 Å². The molecule has 2 rings (SSSR count). The number of hydrogen-bond acceptors (Lipinski definition) is 7. The van der Waals surface area contributed by atoms with Crippen LogP contribution in [0.4, 0.5) is 9.59 Å². The molecule has 0 saturated heterocycles. The van der Waals surface area contributed by atoms with Crippen LogP contribution in [0.3, 0.4) is 0 Å². The number of ether oxygens (including phenoxy) is 3. The lowest BCUT2D eigenvalue weighted by atomic mass is 9.97. The summed E-state index contributed by atoms with van der Waals surface area (Å²) in [7, 11) is 1.50. The van der Waals surface area contributed by atoms with E-state index >= 15 is 0 Å². The van der Waals surface area contributed by atoms with E-state index in [0.29, 0.717) is 33.9 Å². The van der Waals surface area contributed by atoms with E-state index in [4.69, 9.17) is 25.8 Å². The maximum Gasteiger partial charge on any atom is 0.407 e. The molecule has 0 aliphatic carbocycles. The summed E-state index contributed by atoms with van der Waals surface area (Å²) in [5, 5.41) is 8.23. The summed E-state index contributed by atoms with van der Waals surface area (Å²) in [4.78, 5) is 51.1. The van der Waals surface area contributed by atoms with Gasteiger partial charge in [-0.2, -0.15) is 0 Å².